The SMILES string of the molecule is CC(C)NC(=O)[C@H]1C[C@@H]2CCN(Cc3ccsc3)C[C@H]2O1.O=C(O)C(F)(F)F. The number of nitrogens with zero attached hydrogens (tertiary/aromatic N) is 1. The van der Waals surface area contributed by atoms with Crippen molar-refractivity contribution in [2.45, 2.75) is 57.7 Å². The maximum Gasteiger partial charge on any atom is 0.490 e. The molecule has 0 saturated carbocycles. The topological polar surface area (TPSA) is 78.9 Å². The highest BCUT2D eigenvalue weighted by Crippen LogP contribution is 2.33. The minimum absolute atomic E-state index is 0.0591. The molecule has 0 bridgehead atoms. The fourth-order valence-corrected chi connectivity index (χ4v) is 3.98. The molecule has 0 spiro atoms. The van der Waals surface area contributed by atoms with Crippen LogP contribution in [0, 0.1) is 5.92 Å². The number of nitrogens with one attached hydrogen (secondary N) is 1. The predicted octanol–water partition coefficient (Wildman–Crippen LogP) is 2.89. The first-order chi connectivity index (χ1) is 13.1. The summed E-state index contributed by atoms with van der Waals surface area (Å²) in [7, 11) is 0. The molecule has 0 unspecified atom stereocenters. The number of hydrogen-bond donors (Lipinski definition) is 2. The number of rotatable bonds is 4. The van der Waals surface area contributed by atoms with Gasteiger partial charge in [0.2, 0.25) is 5.91 Å². The Morgan fingerprint density at radius 1 is 1.43 bits per heavy atom. The Morgan fingerprint density at radius 2 is 2.11 bits per heavy atom. The number of carbonyl (C=O) groups excluding carboxylic acids is 1. The van der Waals surface area contributed by atoms with E-state index >= 15 is 0 Å². The fourth-order valence-electron chi connectivity index (χ4n) is 3.33. The van der Waals surface area contributed by atoms with Gasteiger partial charge in [0.1, 0.15) is 6.10 Å². The number of carbonyl (C=O) groups is 2. The third kappa shape index (κ3) is 6.75. The van der Waals surface area contributed by atoms with Crippen LogP contribution in [-0.4, -0.2) is 59.4 Å². The van der Waals surface area contributed by atoms with Crippen molar-refractivity contribution in [3.63, 3.8) is 0 Å². The molecule has 3 atom stereocenters. The Labute approximate surface area is 165 Å². The van der Waals surface area contributed by atoms with Gasteiger partial charge in [-0.25, -0.2) is 4.79 Å². The van der Waals surface area contributed by atoms with Crippen molar-refractivity contribution in [3.8, 4) is 0 Å². The van der Waals surface area contributed by atoms with Crippen molar-refractivity contribution in [2.75, 3.05) is 13.1 Å². The summed E-state index contributed by atoms with van der Waals surface area (Å²) in [6, 6.07) is 2.37. The monoisotopic (exact) mass is 422 g/mol. The number of halogens is 3. The highest BCUT2D eigenvalue weighted by molar-refractivity contribution is 7.07. The standard InChI is InChI=1S/C16H24N2O2S.C2HF3O2/c1-11(2)17-16(19)14-7-13-3-5-18(9-15(13)20-14)8-12-4-6-21-10-12;3-2(4,5)1(6)7/h4,6,10-11,13-15H,3,5,7-9H2,1-2H3,(H,17,19);(H,6,7)/t13-,14+,15+;/m0./s1. The lowest BCUT2D eigenvalue weighted by Gasteiger charge is -2.33. The zero-order chi connectivity index (χ0) is 20.9. The summed E-state index contributed by atoms with van der Waals surface area (Å²) < 4.78 is 37.8. The Hall–Kier alpha value is -1.65. The number of aliphatic carboxylic acids is 1. The molecule has 10 heteroatoms. The Bertz CT molecular complexity index is 652. The average Bonchev–Trinajstić information content (AvgIpc) is 3.22. The molecule has 2 aliphatic heterocycles. The van der Waals surface area contributed by atoms with E-state index < -0.39 is 12.1 Å². The van der Waals surface area contributed by atoms with E-state index in [2.05, 4.69) is 27.0 Å². The highest BCUT2D eigenvalue weighted by atomic mass is 32.1. The van der Waals surface area contributed by atoms with Crippen LogP contribution in [0.25, 0.3) is 0 Å². The summed E-state index contributed by atoms with van der Waals surface area (Å²) in [5.41, 5.74) is 1.38. The zero-order valence-corrected chi connectivity index (χ0v) is 16.6. The molecule has 0 aliphatic carbocycles. The summed E-state index contributed by atoms with van der Waals surface area (Å²) in [5.74, 6) is -2.15. The number of thiophene rings is 1. The lowest BCUT2D eigenvalue weighted by molar-refractivity contribution is -0.192. The summed E-state index contributed by atoms with van der Waals surface area (Å²) >= 11 is 1.75. The molecule has 6 nitrogen and oxygen atoms in total. The van der Waals surface area contributed by atoms with E-state index in [0.717, 1.165) is 32.5 Å². The van der Waals surface area contributed by atoms with Crippen molar-refractivity contribution >= 4 is 23.2 Å². The maximum absolute atomic E-state index is 12.1. The van der Waals surface area contributed by atoms with Crippen LogP contribution in [0.5, 0.6) is 0 Å². The molecular formula is C18H25F3N2O4S. The number of ether oxygens (including phenoxy) is 1. The molecular weight excluding hydrogens is 397 g/mol. The average molecular weight is 422 g/mol. The molecule has 28 heavy (non-hydrogen) atoms. The number of likely N-dealkylation sites (tertiary alicyclic amines) is 1. The van der Waals surface area contributed by atoms with Gasteiger partial charge in [0, 0.05) is 19.1 Å². The van der Waals surface area contributed by atoms with E-state index in [4.69, 9.17) is 14.6 Å². The summed E-state index contributed by atoms with van der Waals surface area (Å²) in [5, 5.41) is 14.4. The largest absolute Gasteiger partial charge is 0.490 e. The van der Waals surface area contributed by atoms with Crippen molar-refractivity contribution in [3.05, 3.63) is 22.4 Å². The second-order valence-corrected chi connectivity index (χ2v) is 8.06. The van der Waals surface area contributed by atoms with Gasteiger partial charge in [-0.15, -0.1) is 0 Å². The van der Waals surface area contributed by atoms with E-state index in [1.807, 2.05) is 13.8 Å². The zero-order valence-electron chi connectivity index (χ0n) is 15.7. The smallest absolute Gasteiger partial charge is 0.475 e. The summed E-state index contributed by atoms with van der Waals surface area (Å²) in [6.45, 7) is 7.04. The van der Waals surface area contributed by atoms with Gasteiger partial charge in [-0.2, -0.15) is 24.5 Å². The first kappa shape index (κ1) is 22.6. The number of alkyl halides is 3. The molecule has 1 aromatic heterocycles. The quantitative estimate of drug-likeness (QED) is 0.780. The van der Waals surface area contributed by atoms with Crippen LogP contribution < -0.4 is 5.32 Å². The predicted molar refractivity (Wildman–Crippen MR) is 98.0 cm³/mol. The van der Waals surface area contributed by atoms with E-state index in [1.54, 1.807) is 11.3 Å². The molecule has 2 N–H and O–H groups in total. The van der Waals surface area contributed by atoms with E-state index in [1.165, 1.54) is 5.56 Å². The molecule has 0 radical (unpaired) electrons. The van der Waals surface area contributed by atoms with Gasteiger partial charge in [-0.1, -0.05) is 0 Å². The van der Waals surface area contributed by atoms with Crippen LogP contribution in [0.2, 0.25) is 0 Å². The Morgan fingerprint density at radius 3 is 2.64 bits per heavy atom. The third-order valence-electron chi connectivity index (χ3n) is 4.59. The molecule has 1 amide bonds. The van der Waals surface area contributed by atoms with E-state index in [-0.39, 0.29) is 24.2 Å². The Kier molecular flexibility index (Phi) is 7.85. The van der Waals surface area contributed by atoms with Gasteiger partial charge in [0.25, 0.3) is 0 Å². The van der Waals surface area contributed by atoms with Crippen molar-refractivity contribution in [1.82, 2.24) is 10.2 Å². The molecule has 3 heterocycles. The minimum atomic E-state index is -5.08. The van der Waals surface area contributed by atoms with Crippen LogP contribution >= 0.6 is 11.3 Å². The van der Waals surface area contributed by atoms with E-state index in [0.29, 0.717) is 5.92 Å². The normalized spacial score (nSPS) is 25.0. The minimum Gasteiger partial charge on any atom is -0.475 e. The summed E-state index contributed by atoms with van der Waals surface area (Å²) in [6.07, 6.45) is -3.08. The first-order valence-corrected chi connectivity index (χ1v) is 10.00. The number of fused-ring (bicyclic) bond motifs is 1. The van der Waals surface area contributed by atoms with Gasteiger partial charge < -0.3 is 15.2 Å². The van der Waals surface area contributed by atoms with Crippen molar-refractivity contribution in [1.29, 1.82) is 0 Å². The van der Waals surface area contributed by atoms with Gasteiger partial charge in [0.05, 0.1) is 6.10 Å². The number of hydrogen-bond acceptors (Lipinski definition) is 5. The first-order valence-electron chi connectivity index (χ1n) is 9.05. The van der Waals surface area contributed by atoms with Gasteiger partial charge in [-0.05, 0) is 61.5 Å². The lowest BCUT2D eigenvalue weighted by Crippen LogP contribution is -2.42. The van der Waals surface area contributed by atoms with Crippen LogP contribution in [-0.2, 0) is 20.9 Å². The molecule has 1 aromatic rings. The number of piperidine rings is 1. The van der Waals surface area contributed by atoms with Crippen LogP contribution in [0.4, 0.5) is 13.2 Å². The van der Waals surface area contributed by atoms with Crippen LogP contribution in [0.1, 0.15) is 32.3 Å². The second-order valence-electron chi connectivity index (χ2n) is 7.28. The second kappa shape index (κ2) is 9.71. The number of carboxylic acids is 1. The van der Waals surface area contributed by atoms with E-state index in [9.17, 15) is 18.0 Å². The lowest BCUT2D eigenvalue weighted by atomic mass is 9.91. The van der Waals surface area contributed by atoms with Crippen LogP contribution in [0.15, 0.2) is 16.8 Å². The van der Waals surface area contributed by atoms with Gasteiger partial charge >= 0.3 is 12.1 Å². The summed E-state index contributed by atoms with van der Waals surface area (Å²) in [4.78, 5) is 23.4. The fraction of sp³-hybridized carbons (Fsp3) is 0.667. The molecule has 0 aromatic carbocycles. The third-order valence-corrected chi connectivity index (χ3v) is 5.32. The maximum atomic E-state index is 12.1. The molecule has 3 rings (SSSR count). The molecule has 2 aliphatic rings. The van der Waals surface area contributed by atoms with Gasteiger partial charge in [0.15, 0.2) is 0 Å². The van der Waals surface area contributed by atoms with Crippen LogP contribution in [0.3, 0.4) is 0 Å². The van der Waals surface area contributed by atoms with Gasteiger partial charge in [-0.3, -0.25) is 9.69 Å². The highest BCUT2D eigenvalue weighted by Gasteiger charge is 2.41. The number of carboxylic acid groups (broad SMARTS) is 1. The molecule has 2 saturated heterocycles. The number of amides is 1. The molecule has 158 valence electrons. The molecule has 2 fully saturated rings. The Balaban J connectivity index is 0.000000345. The van der Waals surface area contributed by atoms with Crippen molar-refractivity contribution in [2.24, 2.45) is 5.92 Å². The van der Waals surface area contributed by atoms with Crippen molar-refractivity contribution < 1.29 is 32.6 Å².